The third kappa shape index (κ3) is 7.14. The highest BCUT2D eigenvalue weighted by molar-refractivity contribution is 6.31. The fourth-order valence-electron chi connectivity index (χ4n) is 5.96. The third-order valence-corrected chi connectivity index (χ3v) is 9.13. The number of hydrogen-bond acceptors (Lipinski definition) is 9. The van der Waals surface area contributed by atoms with Gasteiger partial charge in [-0.1, -0.05) is 45.4 Å². The summed E-state index contributed by atoms with van der Waals surface area (Å²) in [5, 5.41) is 6.73. The fraction of sp³-hybridized carbons (Fsp3) is 0.545. The molecule has 1 aliphatic heterocycles. The number of carbonyl (C=O) groups is 1. The number of halogens is 1. The smallest absolute Gasteiger partial charge is 0.291 e. The lowest BCUT2D eigenvalue weighted by molar-refractivity contribution is 0.0378. The van der Waals surface area contributed by atoms with Gasteiger partial charge in [0, 0.05) is 31.1 Å². The predicted octanol–water partition coefficient (Wildman–Crippen LogP) is 6.07. The van der Waals surface area contributed by atoms with Gasteiger partial charge in [0.2, 0.25) is 17.7 Å². The van der Waals surface area contributed by atoms with Crippen LogP contribution in [-0.2, 0) is 22.0 Å². The molecule has 0 atom stereocenters. The van der Waals surface area contributed by atoms with Crippen molar-refractivity contribution in [3.05, 3.63) is 57.5 Å². The first-order valence-corrected chi connectivity index (χ1v) is 15.7. The van der Waals surface area contributed by atoms with E-state index < -0.39 is 5.91 Å². The van der Waals surface area contributed by atoms with Crippen LogP contribution < -0.4 is 20.1 Å². The SMILES string of the molecule is COc1nc(NCCCN2CCOCC2)nc(OC)c1NC(=O)c1ccc(Cc2cc3c(cc2Cl)C(C)(C)CCC3(C)C)o1. The van der Waals surface area contributed by atoms with Gasteiger partial charge in [-0.3, -0.25) is 9.69 Å². The van der Waals surface area contributed by atoms with Crippen molar-refractivity contribution in [1.82, 2.24) is 14.9 Å². The first kappa shape index (κ1) is 32.1. The van der Waals surface area contributed by atoms with E-state index in [1.165, 1.54) is 25.3 Å². The highest BCUT2D eigenvalue weighted by Crippen LogP contribution is 2.47. The van der Waals surface area contributed by atoms with Crippen LogP contribution in [0.1, 0.15) is 80.0 Å². The highest BCUT2D eigenvalue weighted by atomic mass is 35.5. The molecule has 2 aliphatic rings. The zero-order valence-corrected chi connectivity index (χ0v) is 27.4. The second kappa shape index (κ2) is 13.3. The lowest BCUT2D eigenvalue weighted by Gasteiger charge is -2.42. The molecule has 44 heavy (non-hydrogen) atoms. The van der Waals surface area contributed by atoms with Gasteiger partial charge in [-0.25, -0.2) is 0 Å². The van der Waals surface area contributed by atoms with Crippen molar-refractivity contribution in [2.45, 2.75) is 64.2 Å². The maximum Gasteiger partial charge on any atom is 0.291 e. The summed E-state index contributed by atoms with van der Waals surface area (Å²) in [4.78, 5) is 24.5. The molecular weight excluding hydrogens is 582 g/mol. The number of nitrogens with zero attached hydrogens (tertiary/aromatic N) is 3. The van der Waals surface area contributed by atoms with E-state index in [0.29, 0.717) is 29.7 Å². The summed E-state index contributed by atoms with van der Waals surface area (Å²) in [5.41, 5.74) is 3.97. The van der Waals surface area contributed by atoms with Crippen LogP contribution in [0.3, 0.4) is 0 Å². The Kier molecular flexibility index (Phi) is 9.72. The van der Waals surface area contributed by atoms with Crippen LogP contribution in [0.5, 0.6) is 11.8 Å². The minimum atomic E-state index is -0.470. The molecule has 3 heterocycles. The lowest BCUT2D eigenvalue weighted by atomic mass is 9.63. The molecule has 0 spiro atoms. The first-order chi connectivity index (χ1) is 21.0. The van der Waals surface area contributed by atoms with Crippen LogP contribution in [0.25, 0.3) is 0 Å². The van der Waals surface area contributed by atoms with Gasteiger partial charge in [0.1, 0.15) is 5.76 Å². The zero-order valence-electron chi connectivity index (χ0n) is 26.6. The molecule has 3 aromatic rings. The summed E-state index contributed by atoms with van der Waals surface area (Å²) in [6.07, 6.45) is 3.62. The van der Waals surface area contributed by atoms with Gasteiger partial charge in [0.05, 0.1) is 27.4 Å². The van der Waals surface area contributed by atoms with E-state index in [9.17, 15) is 4.79 Å². The molecule has 5 rings (SSSR count). The normalized spacial score (nSPS) is 17.5. The molecule has 11 heteroatoms. The number of benzene rings is 1. The molecule has 0 saturated carbocycles. The number of rotatable bonds is 11. The average molecular weight is 626 g/mol. The van der Waals surface area contributed by atoms with E-state index in [4.69, 9.17) is 30.2 Å². The van der Waals surface area contributed by atoms with Crippen molar-refractivity contribution in [1.29, 1.82) is 0 Å². The maximum atomic E-state index is 13.3. The molecule has 238 valence electrons. The van der Waals surface area contributed by atoms with Gasteiger partial charge in [0.25, 0.3) is 5.91 Å². The number of morpholine rings is 1. The number of methoxy groups -OCH3 is 2. The number of carbonyl (C=O) groups excluding carboxylic acids is 1. The van der Waals surface area contributed by atoms with Crippen molar-refractivity contribution >= 4 is 29.1 Å². The predicted molar refractivity (Wildman–Crippen MR) is 172 cm³/mol. The summed E-state index contributed by atoms with van der Waals surface area (Å²) in [7, 11) is 2.96. The van der Waals surface area contributed by atoms with Crippen LogP contribution >= 0.6 is 11.6 Å². The number of nitrogens with one attached hydrogen (secondary N) is 2. The van der Waals surface area contributed by atoms with E-state index in [2.05, 4.69) is 65.3 Å². The largest absolute Gasteiger partial charge is 0.479 e. The molecule has 1 aromatic carbocycles. The summed E-state index contributed by atoms with van der Waals surface area (Å²) in [6.45, 7) is 14.2. The zero-order chi connectivity index (χ0) is 31.5. The summed E-state index contributed by atoms with van der Waals surface area (Å²) < 4.78 is 22.4. The molecule has 0 bridgehead atoms. The molecule has 1 amide bonds. The Hall–Kier alpha value is -3.34. The Morgan fingerprint density at radius 3 is 2.27 bits per heavy atom. The number of aromatic nitrogens is 2. The first-order valence-electron chi connectivity index (χ1n) is 15.3. The van der Waals surface area contributed by atoms with Crippen molar-refractivity contribution < 1.29 is 23.4 Å². The van der Waals surface area contributed by atoms with Crippen LogP contribution in [-0.4, -0.2) is 74.4 Å². The van der Waals surface area contributed by atoms with Crippen molar-refractivity contribution in [3.8, 4) is 11.8 Å². The number of anilines is 2. The minimum Gasteiger partial charge on any atom is -0.479 e. The molecule has 2 N–H and O–H groups in total. The minimum absolute atomic E-state index is 0.0621. The average Bonchev–Trinajstić information content (AvgIpc) is 3.48. The second-order valence-electron chi connectivity index (χ2n) is 12.8. The molecule has 10 nitrogen and oxygen atoms in total. The van der Waals surface area contributed by atoms with Crippen LogP contribution in [0.2, 0.25) is 5.02 Å². The Bertz CT molecular complexity index is 1460. The van der Waals surface area contributed by atoms with E-state index >= 15 is 0 Å². The molecule has 1 fully saturated rings. The Morgan fingerprint density at radius 1 is 1.00 bits per heavy atom. The maximum absolute atomic E-state index is 13.3. The number of amides is 1. The number of furan rings is 1. The molecule has 2 aromatic heterocycles. The molecular formula is C33H44ClN5O5. The standard InChI is InChI=1S/C33H44ClN5O5/c1-32(2)10-11-33(3,4)24-20-25(34)21(19-23(24)32)18-22-8-9-26(44-22)28(40)36-27-29(41-5)37-31(38-30(27)42-6)35-12-7-13-39-14-16-43-17-15-39/h8-9,19-20H,7,10-18H2,1-6H3,(H,36,40)(H,35,37,38). The Balaban J connectivity index is 1.26. The quantitative estimate of drug-likeness (QED) is 0.245. The molecule has 0 radical (unpaired) electrons. The summed E-state index contributed by atoms with van der Waals surface area (Å²) in [5.74, 6) is 1.02. The lowest BCUT2D eigenvalue weighted by Crippen LogP contribution is -2.37. The van der Waals surface area contributed by atoms with Gasteiger partial charge in [-0.15, -0.1) is 0 Å². The molecule has 0 unspecified atom stereocenters. The van der Waals surface area contributed by atoms with E-state index in [1.54, 1.807) is 12.1 Å². The van der Waals surface area contributed by atoms with Gasteiger partial charge in [0.15, 0.2) is 11.4 Å². The molecule has 1 aliphatic carbocycles. The number of hydrogen-bond donors (Lipinski definition) is 2. The van der Waals surface area contributed by atoms with Crippen LogP contribution in [0, 0.1) is 0 Å². The summed E-state index contributed by atoms with van der Waals surface area (Å²) >= 11 is 6.79. The monoisotopic (exact) mass is 625 g/mol. The Morgan fingerprint density at radius 2 is 1.64 bits per heavy atom. The van der Waals surface area contributed by atoms with Gasteiger partial charge < -0.3 is 29.3 Å². The van der Waals surface area contributed by atoms with Crippen molar-refractivity contribution in [2.75, 3.05) is 64.2 Å². The third-order valence-electron chi connectivity index (χ3n) is 8.78. The summed E-state index contributed by atoms with van der Waals surface area (Å²) in [6, 6.07) is 7.78. The van der Waals surface area contributed by atoms with Gasteiger partial charge >= 0.3 is 0 Å². The number of ether oxygens (including phenoxy) is 3. The van der Waals surface area contributed by atoms with Crippen molar-refractivity contribution in [3.63, 3.8) is 0 Å². The highest BCUT2D eigenvalue weighted by Gasteiger charge is 2.37. The van der Waals surface area contributed by atoms with Gasteiger partial charge in [-0.05, 0) is 71.5 Å². The van der Waals surface area contributed by atoms with E-state index in [0.717, 1.165) is 57.7 Å². The topological polar surface area (TPSA) is 111 Å². The number of fused-ring (bicyclic) bond motifs is 1. The second-order valence-corrected chi connectivity index (χ2v) is 13.2. The Labute approximate surface area is 264 Å². The van der Waals surface area contributed by atoms with Crippen LogP contribution in [0.4, 0.5) is 11.6 Å². The fourth-order valence-corrected chi connectivity index (χ4v) is 6.19. The van der Waals surface area contributed by atoms with E-state index in [1.807, 2.05) is 0 Å². The van der Waals surface area contributed by atoms with Gasteiger partial charge in [-0.2, -0.15) is 9.97 Å². The van der Waals surface area contributed by atoms with Crippen molar-refractivity contribution in [2.24, 2.45) is 0 Å². The molecule has 1 saturated heterocycles. The van der Waals surface area contributed by atoms with Crippen LogP contribution in [0.15, 0.2) is 28.7 Å². The van der Waals surface area contributed by atoms with E-state index in [-0.39, 0.29) is 34.0 Å².